The van der Waals surface area contributed by atoms with Crippen molar-refractivity contribution in [2.24, 2.45) is 0 Å². The number of benzene rings is 2. The van der Waals surface area contributed by atoms with Crippen molar-refractivity contribution in [2.75, 3.05) is 13.2 Å². The molecule has 2 aromatic rings. The van der Waals surface area contributed by atoms with Crippen LogP contribution >= 0.6 is 0 Å². The topological polar surface area (TPSA) is 27.7 Å². The van der Waals surface area contributed by atoms with E-state index in [0.29, 0.717) is 18.8 Å². The van der Waals surface area contributed by atoms with Gasteiger partial charge in [-0.2, -0.15) is 0 Å². The van der Waals surface area contributed by atoms with Crippen LogP contribution in [0.1, 0.15) is 13.8 Å². The zero-order valence-corrected chi connectivity index (χ0v) is 14.6. The Morgan fingerprint density at radius 2 is 1.48 bits per heavy atom. The van der Waals surface area contributed by atoms with Crippen LogP contribution in [0.15, 0.2) is 42.5 Å². The Morgan fingerprint density at radius 1 is 0.870 bits per heavy atom. The minimum absolute atomic E-state index is 0.522. The maximum Gasteiger partial charge on any atom is 0.261 e. The summed E-state index contributed by atoms with van der Waals surface area (Å²) in [6, 6.07) is 11.5. The molecule has 0 radical (unpaired) electrons. The van der Waals surface area contributed by atoms with Crippen molar-refractivity contribution < 1.29 is 22.7 Å². The van der Waals surface area contributed by atoms with Crippen LogP contribution in [-0.2, 0) is 13.9 Å². The molecule has 0 aliphatic rings. The van der Waals surface area contributed by atoms with Gasteiger partial charge >= 0.3 is 0 Å². The van der Waals surface area contributed by atoms with Crippen molar-refractivity contribution in [1.29, 1.82) is 0 Å². The highest BCUT2D eigenvalue weighted by atomic mass is 28.2. The SMILES string of the molecule is CCOC(OCC)O[SiH2]c1ccc(-c2ccc(F)c(F)c2)cc1. The normalized spacial score (nSPS) is 11.7. The fourth-order valence-corrected chi connectivity index (χ4v) is 3.00. The summed E-state index contributed by atoms with van der Waals surface area (Å²) >= 11 is 0. The second kappa shape index (κ2) is 8.88. The first-order valence-corrected chi connectivity index (χ1v) is 8.81. The van der Waals surface area contributed by atoms with Crippen LogP contribution in [0.4, 0.5) is 8.78 Å². The van der Waals surface area contributed by atoms with Crippen LogP contribution in [0, 0.1) is 11.6 Å². The van der Waals surface area contributed by atoms with Gasteiger partial charge in [0.2, 0.25) is 0 Å². The zero-order chi connectivity index (χ0) is 16.7. The van der Waals surface area contributed by atoms with Crippen LogP contribution in [0.25, 0.3) is 11.1 Å². The predicted molar refractivity (Wildman–Crippen MR) is 88.1 cm³/mol. The molecular formula is C17H20F2O3Si. The summed E-state index contributed by atoms with van der Waals surface area (Å²) in [5.41, 5.74) is 1.47. The smallest absolute Gasteiger partial charge is 0.261 e. The van der Waals surface area contributed by atoms with Gasteiger partial charge in [-0.05, 0) is 42.3 Å². The second-order valence-corrected chi connectivity index (χ2v) is 6.27. The molecule has 0 N–H and O–H groups in total. The molecule has 0 spiro atoms. The van der Waals surface area contributed by atoms with Gasteiger partial charge < -0.3 is 13.9 Å². The Balaban J connectivity index is 2.00. The van der Waals surface area contributed by atoms with Gasteiger partial charge in [0.1, 0.15) is 0 Å². The van der Waals surface area contributed by atoms with Gasteiger partial charge in [-0.1, -0.05) is 30.3 Å². The van der Waals surface area contributed by atoms with E-state index in [2.05, 4.69) is 0 Å². The molecule has 0 saturated carbocycles. The highest BCUT2D eigenvalue weighted by molar-refractivity contribution is 6.46. The maximum atomic E-state index is 13.3. The molecule has 0 unspecified atom stereocenters. The molecule has 0 fully saturated rings. The van der Waals surface area contributed by atoms with E-state index in [1.807, 2.05) is 38.1 Å². The van der Waals surface area contributed by atoms with Crippen LogP contribution in [0.3, 0.4) is 0 Å². The number of hydrogen-bond acceptors (Lipinski definition) is 3. The molecule has 6 heteroatoms. The Morgan fingerprint density at radius 3 is 2.04 bits per heavy atom. The Bertz CT molecular complexity index is 614. The molecular weight excluding hydrogens is 318 g/mol. The van der Waals surface area contributed by atoms with E-state index in [4.69, 9.17) is 13.9 Å². The molecule has 0 bridgehead atoms. The molecule has 0 aromatic heterocycles. The highest BCUT2D eigenvalue weighted by Crippen LogP contribution is 2.20. The predicted octanol–water partition coefficient (Wildman–Crippen LogP) is 2.71. The van der Waals surface area contributed by atoms with E-state index in [9.17, 15) is 8.78 Å². The second-order valence-electron chi connectivity index (χ2n) is 4.84. The Kier molecular flexibility index (Phi) is 6.85. The molecule has 2 aromatic carbocycles. The lowest BCUT2D eigenvalue weighted by molar-refractivity contribution is -0.242. The minimum atomic E-state index is -0.994. The summed E-state index contributed by atoms with van der Waals surface area (Å²) in [5, 5.41) is 1.07. The highest BCUT2D eigenvalue weighted by Gasteiger charge is 2.09. The summed E-state index contributed by atoms with van der Waals surface area (Å²) in [7, 11) is -0.994. The average Bonchev–Trinajstić information content (AvgIpc) is 2.56. The van der Waals surface area contributed by atoms with E-state index in [1.54, 1.807) is 6.07 Å². The van der Waals surface area contributed by atoms with E-state index >= 15 is 0 Å². The van der Waals surface area contributed by atoms with Crippen molar-refractivity contribution in [1.82, 2.24) is 0 Å². The third-order valence-electron chi connectivity index (χ3n) is 3.20. The molecule has 0 aliphatic carbocycles. The van der Waals surface area contributed by atoms with Crippen molar-refractivity contribution >= 4 is 14.9 Å². The van der Waals surface area contributed by atoms with E-state index in [0.717, 1.165) is 16.8 Å². The number of ether oxygens (including phenoxy) is 2. The van der Waals surface area contributed by atoms with Crippen LogP contribution in [0.5, 0.6) is 0 Å². The fraction of sp³-hybridized carbons (Fsp3) is 0.294. The molecule has 0 atom stereocenters. The average molecular weight is 338 g/mol. The molecule has 124 valence electrons. The largest absolute Gasteiger partial charge is 0.373 e. The van der Waals surface area contributed by atoms with E-state index < -0.39 is 27.9 Å². The summed E-state index contributed by atoms with van der Waals surface area (Å²) in [5.74, 6) is -1.69. The van der Waals surface area contributed by atoms with Gasteiger partial charge in [-0.3, -0.25) is 0 Å². The maximum absolute atomic E-state index is 13.3. The van der Waals surface area contributed by atoms with Crippen LogP contribution < -0.4 is 5.19 Å². The van der Waals surface area contributed by atoms with Gasteiger partial charge in [0.15, 0.2) is 21.4 Å². The van der Waals surface area contributed by atoms with Crippen molar-refractivity contribution in [3.8, 4) is 11.1 Å². The minimum Gasteiger partial charge on any atom is -0.373 e. The number of hydrogen-bond donors (Lipinski definition) is 0. The number of halogens is 2. The molecule has 0 heterocycles. The van der Waals surface area contributed by atoms with Gasteiger partial charge in [-0.15, -0.1) is 0 Å². The third kappa shape index (κ3) is 5.21. The number of rotatable bonds is 8. The van der Waals surface area contributed by atoms with E-state index in [-0.39, 0.29) is 0 Å². The lowest BCUT2D eigenvalue weighted by Gasteiger charge is -2.17. The third-order valence-corrected chi connectivity index (χ3v) is 4.44. The van der Waals surface area contributed by atoms with Crippen LogP contribution in [-0.4, -0.2) is 29.5 Å². The summed E-state index contributed by atoms with van der Waals surface area (Å²) in [4.78, 5) is 0. The summed E-state index contributed by atoms with van der Waals surface area (Å²) in [6.07, 6.45) is 0. The first-order valence-electron chi connectivity index (χ1n) is 7.53. The molecule has 0 aliphatic heterocycles. The van der Waals surface area contributed by atoms with Crippen molar-refractivity contribution in [3.05, 3.63) is 54.1 Å². The summed E-state index contributed by atoms with van der Waals surface area (Å²) < 4.78 is 42.6. The Hall–Kier alpha value is -1.60. The first-order chi connectivity index (χ1) is 11.1. The monoisotopic (exact) mass is 338 g/mol. The molecule has 23 heavy (non-hydrogen) atoms. The summed E-state index contributed by atoms with van der Waals surface area (Å²) in [6.45, 7) is 4.19. The molecule has 3 nitrogen and oxygen atoms in total. The van der Waals surface area contributed by atoms with Gasteiger partial charge in [-0.25, -0.2) is 8.78 Å². The van der Waals surface area contributed by atoms with E-state index in [1.165, 1.54) is 6.07 Å². The lowest BCUT2D eigenvalue weighted by atomic mass is 10.1. The zero-order valence-electron chi connectivity index (χ0n) is 13.2. The van der Waals surface area contributed by atoms with Gasteiger partial charge in [0.05, 0.1) is 0 Å². The molecule has 0 amide bonds. The van der Waals surface area contributed by atoms with Crippen LogP contribution in [0.2, 0.25) is 0 Å². The van der Waals surface area contributed by atoms with Gasteiger partial charge in [0.25, 0.3) is 6.48 Å². The van der Waals surface area contributed by atoms with Gasteiger partial charge in [0, 0.05) is 13.2 Å². The molecule has 0 saturated heterocycles. The Labute approximate surface area is 137 Å². The standard InChI is InChI=1S/C17H20F2O3Si/c1-3-20-17(21-4-2)22-23-14-8-5-12(6-9-14)13-7-10-15(18)16(19)11-13/h5-11,17H,3-4,23H2,1-2H3. The quantitative estimate of drug-likeness (QED) is 0.547. The van der Waals surface area contributed by atoms with Crippen molar-refractivity contribution in [3.63, 3.8) is 0 Å². The lowest BCUT2D eigenvalue weighted by Crippen LogP contribution is -2.28. The fourth-order valence-electron chi connectivity index (χ4n) is 2.05. The van der Waals surface area contributed by atoms with Crippen molar-refractivity contribution in [2.45, 2.75) is 20.3 Å². The first kappa shape index (κ1) is 17.7. The molecule has 2 rings (SSSR count).